The molecular formula is C13H15N. The maximum Gasteiger partial charge on any atom is 0.0690 e. The fourth-order valence-corrected chi connectivity index (χ4v) is 4.56. The zero-order valence-electron chi connectivity index (χ0n) is 8.42. The zero-order valence-corrected chi connectivity index (χ0v) is 8.42. The number of nitrogens with zero attached hydrogens (tertiary/aromatic N) is 1. The molecule has 0 spiro atoms. The highest BCUT2D eigenvalue weighted by molar-refractivity contribution is 5.22. The molecule has 4 aliphatic carbocycles. The van der Waals surface area contributed by atoms with Crippen LogP contribution in [0.15, 0.2) is 0 Å². The molecule has 4 saturated carbocycles. The number of hydrogen-bond acceptors (Lipinski definition) is 1. The minimum Gasteiger partial charge on any atom is -0.198 e. The van der Waals surface area contributed by atoms with Gasteiger partial charge in [0.2, 0.25) is 0 Å². The summed E-state index contributed by atoms with van der Waals surface area (Å²) in [4.78, 5) is 0. The smallest absolute Gasteiger partial charge is 0.0690 e. The van der Waals surface area contributed by atoms with E-state index in [4.69, 9.17) is 6.42 Å². The Morgan fingerprint density at radius 1 is 1.07 bits per heavy atom. The summed E-state index contributed by atoms with van der Waals surface area (Å²) in [6, 6.07) is 2.57. The molecule has 0 amide bonds. The molecule has 4 rings (SSSR count). The van der Waals surface area contributed by atoms with Crippen LogP contribution in [0.2, 0.25) is 0 Å². The van der Waals surface area contributed by atoms with Crippen molar-refractivity contribution in [2.45, 2.75) is 38.5 Å². The second-order valence-corrected chi connectivity index (χ2v) is 5.78. The van der Waals surface area contributed by atoms with Crippen LogP contribution in [-0.2, 0) is 0 Å². The molecule has 4 aliphatic rings. The first-order valence-electron chi connectivity index (χ1n) is 5.58. The molecule has 0 aromatic heterocycles. The van der Waals surface area contributed by atoms with E-state index in [1.807, 2.05) is 0 Å². The van der Waals surface area contributed by atoms with Gasteiger partial charge >= 0.3 is 0 Å². The van der Waals surface area contributed by atoms with Crippen LogP contribution >= 0.6 is 0 Å². The molecule has 2 unspecified atom stereocenters. The lowest BCUT2D eigenvalue weighted by molar-refractivity contribution is -0.0532. The predicted octanol–water partition coefficient (Wildman–Crippen LogP) is 2.73. The Bertz CT molecular complexity index is 308. The number of hydrogen-bond donors (Lipinski definition) is 0. The van der Waals surface area contributed by atoms with Crippen molar-refractivity contribution in [2.24, 2.45) is 22.7 Å². The predicted molar refractivity (Wildman–Crippen MR) is 54.0 cm³/mol. The van der Waals surface area contributed by atoms with Crippen molar-refractivity contribution < 1.29 is 0 Å². The monoisotopic (exact) mass is 185 g/mol. The molecule has 2 atom stereocenters. The van der Waals surface area contributed by atoms with Gasteiger partial charge in [0, 0.05) is 5.41 Å². The van der Waals surface area contributed by atoms with Gasteiger partial charge in [0.05, 0.1) is 11.5 Å². The summed E-state index contributed by atoms with van der Waals surface area (Å²) in [6.45, 7) is 0. The fraction of sp³-hybridized carbons (Fsp3) is 0.769. The SMILES string of the molecule is C#CC12CC3CC(C1)CC(C#N)(C3)C2. The first kappa shape index (κ1) is 8.37. The normalized spacial score (nSPS) is 53.9. The van der Waals surface area contributed by atoms with Gasteiger partial charge < -0.3 is 0 Å². The third kappa shape index (κ3) is 0.908. The lowest BCUT2D eigenvalue weighted by Crippen LogP contribution is -2.50. The van der Waals surface area contributed by atoms with Crippen LogP contribution in [0.5, 0.6) is 0 Å². The Morgan fingerprint density at radius 2 is 1.64 bits per heavy atom. The van der Waals surface area contributed by atoms with Crippen LogP contribution in [0.25, 0.3) is 0 Å². The van der Waals surface area contributed by atoms with E-state index >= 15 is 0 Å². The van der Waals surface area contributed by atoms with Gasteiger partial charge in [0.1, 0.15) is 0 Å². The average Bonchev–Trinajstić information content (AvgIpc) is 2.16. The van der Waals surface area contributed by atoms with Gasteiger partial charge in [-0.1, -0.05) is 5.92 Å². The van der Waals surface area contributed by atoms with Gasteiger partial charge in [0.15, 0.2) is 0 Å². The number of terminal acetylenes is 1. The second kappa shape index (κ2) is 2.34. The minimum atomic E-state index is -0.0313. The van der Waals surface area contributed by atoms with Crippen LogP contribution in [0.1, 0.15) is 38.5 Å². The molecule has 0 aromatic carbocycles. The van der Waals surface area contributed by atoms with E-state index in [1.165, 1.54) is 19.3 Å². The van der Waals surface area contributed by atoms with Crippen molar-refractivity contribution in [1.82, 2.24) is 0 Å². The molecule has 4 fully saturated rings. The third-order valence-corrected chi connectivity index (χ3v) is 4.60. The molecule has 1 heteroatoms. The molecule has 0 saturated heterocycles. The van der Waals surface area contributed by atoms with Gasteiger partial charge in [0.25, 0.3) is 0 Å². The lowest BCUT2D eigenvalue weighted by Gasteiger charge is -2.58. The molecule has 4 bridgehead atoms. The standard InChI is InChI=1S/C13H15N/c1-2-12-4-10-3-11(5-12)7-13(6-10,8-12)9-14/h1,10-11H,3-8H2. The Kier molecular flexibility index (Phi) is 1.40. The minimum absolute atomic E-state index is 0.0313. The van der Waals surface area contributed by atoms with Crippen LogP contribution in [0.4, 0.5) is 0 Å². The van der Waals surface area contributed by atoms with Gasteiger partial charge in [-0.2, -0.15) is 5.26 Å². The van der Waals surface area contributed by atoms with E-state index in [0.29, 0.717) is 0 Å². The molecule has 0 N–H and O–H groups in total. The topological polar surface area (TPSA) is 23.8 Å². The summed E-state index contributed by atoms with van der Waals surface area (Å²) in [6.07, 6.45) is 12.7. The molecule has 72 valence electrons. The van der Waals surface area contributed by atoms with Gasteiger partial charge in [-0.25, -0.2) is 0 Å². The summed E-state index contributed by atoms with van der Waals surface area (Å²) >= 11 is 0. The van der Waals surface area contributed by atoms with E-state index in [2.05, 4.69) is 12.0 Å². The average molecular weight is 185 g/mol. The Hall–Kier alpha value is -0.950. The Balaban J connectivity index is 2.04. The van der Waals surface area contributed by atoms with Gasteiger partial charge in [-0.05, 0) is 50.4 Å². The number of rotatable bonds is 0. The van der Waals surface area contributed by atoms with Crippen molar-refractivity contribution in [3.05, 3.63) is 0 Å². The van der Waals surface area contributed by atoms with Crippen molar-refractivity contribution in [3.8, 4) is 18.4 Å². The van der Waals surface area contributed by atoms with E-state index in [1.54, 1.807) is 0 Å². The van der Waals surface area contributed by atoms with Crippen molar-refractivity contribution in [1.29, 1.82) is 5.26 Å². The molecule has 0 heterocycles. The zero-order chi connectivity index (χ0) is 9.81. The highest BCUT2D eigenvalue weighted by Crippen LogP contribution is 2.64. The van der Waals surface area contributed by atoms with E-state index in [9.17, 15) is 5.26 Å². The molecule has 0 aliphatic heterocycles. The molecular weight excluding hydrogens is 170 g/mol. The van der Waals surface area contributed by atoms with E-state index in [0.717, 1.165) is 31.1 Å². The summed E-state index contributed by atoms with van der Waals surface area (Å²) < 4.78 is 0. The van der Waals surface area contributed by atoms with Crippen molar-refractivity contribution in [2.75, 3.05) is 0 Å². The summed E-state index contributed by atoms with van der Waals surface area (Å²) in [5.41, 5.74) is 0.0796. The van der Waals surface area contributed by atoms with Crippen LogP contribution in [-0.4, -0.2) is 0 Å². The van der Waals surface area contributed by atoms with E-state index < -0.39 is 0 Å². The van der Waals surface area contributed by atoms with Crippen molar-refractivity contribution in [3.63, 3.8) is 0 Å². The second-order valence-electron chi connectivity index (χ2n) is 5.78. The van der Waals surface area contributed by atoms with Crippen LogP contribution < -0.4 is 0 Å². The maximum absolute atomic E-state index is 9.32. The highest BCUT2D eigenvalue weighted by Gasteiger charge is 2.57. The van der Waals surface area contributed by atoms with Crippen molar-refractivity contribution >= 4 is 0 Å². The van der Waals surface area contributed by atoms with Gasteiger partial charge in [-0.15, -0.1) is 6.42 Å². The Morgan fingerprint density at radius 3 is 2.14 bits per heavy atom. The Labute approximate surface area is 85.5 Å². The van der Waals surface area contributed by atoms with E-state index in [-0.39, 0.29) is 10.8 Å². The third-order valence-electron chi connectivity index (χ3n) is 4.60. The first-order chi connectivity index (χ1) is 6.69. The first-order valence-corrected chi connectivity index (χ1v) is 5.58. The molecule has 1 nitrogen and oxygen atoms in total. The molecule has 0 radical (unpaired) electrons. The number of nitriles is 1. The molecule has 14 heavy (non-hydrogen) atoms. The summed E-state index contributed by atoms with van der Waals surface area (Å²) in [5, 5.41) is 9.32. The van der Waals surface area contributed by atoms with Crippen LogP contribution in [0, 0.1) is 46.3 Å². The largest absolute Gasteiger partial charge is 0.198 e. The molecule has 0 aromatic rings. The highest BCUT2D eigenvalue weighted by atomic mass is 14.6. The summed E-state index contributed by atoms with van der Waals surface area (Å²) in [7, 11) is 0. The quantitative estimate of drug-likeness (QED) is 0.532. The fourth-order valence-electron chi connectivity index (χ4n) is 4.56. The lowest BCUT2D eigenvalue weighted by atomic mass is 9.45. The maximum atomic E-state index is 9.32. The summed E-state index contributed by atoms with van der Waals surface area (Å²) in [5.74, 6) is 4.53. The van der Waals surface area contributed by atoms with Crippen LogP contribution in [0.3, 0.4) is 0 Å². The van der Waals surface area contributed by atoms with Gasteiger partial charge in [-0.3, -0.25) is 0 Å².